The first kappa shape index (κ1) is 10.4. The van der Waals surface area contributed by atoms with Crippen molar-refractivity contribution in [2.45, 2.75) is 13.3 Å². The number of aromatic amines is 1. The zero-order chi connectivity index (χ0) is 11.0. The van der Waals surface area contributed by atoms with E-state index < -0.39 is 0 Å². The van der Waals surface area contributed by atoms with Crippen molar-refractivity contribution < 1.29 is 5.11 Å². The number of hydrogen-bond donors (Lipinski definition) is 2. The zero-order valence-corrected chi connectivity index (χ0v) is 9.71. The van der Waals surface area contributed by atoms with Crippen molar-refractivity contribution in [1.29, 1.82) is 0 Å². The van der Waals surface area contributed by atoms with Crippen molar-refractivity contribution in [2.75, 3.05) is 6.61 Å². The summed E-state index contributed by atoms with van der Waals surface area (Å²) >= 11 is 3.30. The van der Waals surface area contributed by atoms with E-state index in [1.54, 1.807) is 13.1 Å². The Morgan fingerprint density at radius 3 is 3.07 bits per heavy atom. The van der Waals surface area contributed by atoms with Gasteiger partial charge in [-0.2, -0.15) is 0 Å². The van der Waals surface area contributed by atoms with Gasteiger partial charge in [0, 0.05) is 30.5 Å². The molecule has 0 aromatic carbocycles. The Bertz CT molecular complexity index is 558. The van der Waals surface area contributed by atoms with Crippen LogP contribution in [-0.2, 0) is 6.42 Å². The topological polar surface area (TPSA) is 70.4 Å². The van der Waals surface area contributed by atoms with Gasteiger partial charge in [0.15, 0.2) is 5.65 Å². The number of aliphatic hydroxyl groups excluding tert-OH is 1. The van der Waals surface area contributed by atoms with E-state index in [1.165, 1.54) is 4.52 Å². The summed E-state index contributed by atoms with van der Waals surface area (Å²) < 4.78 is 2.11. The van der Waals surface area contributed by atoms with Crippen LogP contribution in [0.25, 0.3) is 5.65 Å². The van der Waals surface area contributed by atoms with Gasteiger partial charge < -0.3 is 5.11 Å². The third-order valence-electron chi connectivity index (χ3n) is 2.28. The molecule has 0 radical (unpaired) electrons. The number of aromatic nitrogens is 3. The highest BCUT2D eigenvalue weighted by atomic mass is 79.9. The van der Waals surface area contributed by atoms with E-state index >= 15 is 0 Å². The second-order valence-electron chi connectivity index (χ2n) is 3.23. The Morgan fingerprint density at radius 2 is 2.40 bits per heavy atom. The Morgan fingerprint density at radius 1 is 1.67 bits per heavy atom. The lowest BCUT2D eigenvalue weighted by atomic mass is 10.2. The molecule has 0 unspecified atom stereocenters. The molecule has 2 heterocycles. The fraction of sp³-hybridized carbons (Fsp3) is 0.333. The Balaban J connectivity index is 2.79. The van der Waals surface area contributed by atoms with Gasteiger partial charge in [0.2, 0.25) is 0 Å². The minimum absolute atomic E-state index is 0.0499. The van der Waals surface area contributed by atoms with Gasteiger partial charge in [-0.1, -0.05) is 0 Å². The number of halogens is 1. The molecule has 6 heteroatoms. The van der Waals surface area contributed by atoms with E-state index in [1.807, 2.05) is 0 Å². The summed E-state index contributed by atoms with van der Waals surface area (Å²) in [6, 6.07) is 0. The molecule has 0 spiro atoms. The largest absolute Gasteiger partial charge is 0.396 e. The fourth-order valence-electron chi connectivity index (χ4n) is 1.53. The third-order valence-corrected chi connectivity index (χ3v) is 2.86. The van der Waals surface area contributed by atoms with Gasteiger partial charge in [0.05, 0.1) is 4.47 Å². The molecule has 0 saturated carbocycles. The highest BCUT2D eigenvalue weighted by Crippen LogP contribution is 2.14. The molecular weight excluding hydrogens is 262 g/mol. The number of rotatable bonds is 2. The van der Waals surface area contributed by atoms with Crippen LogP contribution in [0, 0.1) is 6.92 Å². The first-order valence-corrected chi connectivity index (χ1v) is 5.30. The van der Waals surface area contributed by atoms with Crippen molar-refractivity contribution in [1.82, 2.24) is 14.6 Å². The van der Waals surface area contributed by atoms with Crippen LogP contribution in [0.15, 0.2) is 15.5 Å². The van der Waals surface area contributed by atoms with Crippen molar-refractivity contribution in [3.63, 3.8) is 0 Å². The van der Waals surface area contributed by atoms with Crippen molar-refractivity contribution in [3.8, 4) is 0 Å². The maximum Gasteiger partial charge on any atom is 0.276 e. The number of fused-ring (bicyclic) bond motifs is 1. The second-order valence-corrected chi connectivity index (χ2v) is 4.09. The first-order chi connectivity index (χ1) is 7.15. The smallest absolute Gasteiger partial charge is 0.276 e. The molecule has 5 nitrogen and oxygen atoms in total. The number of aryl methyl sites for hydroxylation is 1. The second kappa shape index (κ2) is 3.79. The Hall–Kier alpha value is -1.14. The normalized spacial score (nSPS) is 11.1. The monoisotopic (exact) mass is 271 g/mol. The lowest BCUT2D eigenvalue weighted by Crippen LogP contribution is -2.22. The van der Waals surface area contributed by atoms with E-state index in [-0.39, 0.29) is 12.2 Å². The highest BCUT2D eigenvalue weighted by Gasteiger charge is 2.11. The molecular formula is C9H10BrN3O2. The number of aliphatic hydroxyl groups is 1. The maximum atomic E-state index is 11.9. The number of hydrogen-bond acceptors (Lipinski definition) is 3. The van der Waals surface area contributed by atoms with E-state index in [0.717, 1.165) is 4.47 Å². The molecule has 0 aliphatic rings. The van der Waals surface area contributed by atoms with Gasteiger partial charge in [-0.15, -0.1) is 0 Å². The zero-order valence-electron chi connectivity index (χ0n) is 8.12. The fourth-order valence-corrected chi connectivity index (χ4v) is 1.90. The highest BCUT2D eigenvalue weighted by molar-refractivity contribution is 9.10. The van der Waals surface area contributed by atoms with Crippen LogP contribution in [0.3, 0.4) is 0 Å². The van der Waals surface area contributed by atoms with Crippen LogP contribution in [-0.4, -0.2) is 26.3 Å². The number of nitrogens with zero attached hydrogens (tertiary/aromatic N) is 2. The quantitative estimate of drug-likeness (QED) is 0.842. The Kier molecular flexibility index (Phi) is 2.62. The van der Waals surface area contributed by atoms with E-state index in [0.29, 0.717) is 23.3 Å². The number of H-pyrrole nitrogens is 1. The number of nitrogens with one attached hydrogen (secondary N) is 1. The average molecular weight is 272 g/mol. The van der Waals surface area contributed by atoms with Gasteiger partial charge in [-0.25, -0.2) is 9.50 Å². The van der Waals surface area contributed by atoms with Crippen LogP contribution in [0.1, 0.15) is 11.3 Å². The van der Waals surface area contributed by atoms with Gasteiger partial charge in [0.1, 0.15) is 0 Å². The molecule has 2 aromatic heterocycles. The molecule has 15 heavy (non-hydrogen) atoms. The molecule has 2 N–H and O–H groups in total. The molecule has 0 aliphatic carbocycles. The lowest BCUT2D eigenvalue weighted by Gasteiger charge is -2.03. The van der Waals surface area contributed by atoms with Crippen LogP contribution < -0.4 is 5.56 Å². The standard InChI is InChI=1S/C9H10BrN3O2/c1-5-6(2-3-14)9(15)13-8(12-5)7(10)4-11-13/h4,11,14H,2-3H2,1H3. The summed E-state index contributed by atoms with van der Waals surface area (Å²) in [6.45, 7) is 1.72. The minimum Gasteiger partial charge on any atom is -0.396 e. The molecule has 0 atom stereocenters. The molecule has 2 rings (SSSR count). The van der Waals surface area contributed by atoms with Crippen LogP contribution in [0.5, 0.6) is 0 Å². The molecule has 2 aromatic rings. The average Bonchev–Trinajstić information content (AvgIpc) is 2.55. The van der Waals surface area contributed by atoms with E-state index in [9.17, 15) is 4.79 Å². The van der Waals surface area contributed by atoms with Gasteiger partial charge in [0.25, 0.3) is 5.56 Å². The van der Waals surface area contributed by atoms with Crippen LogP contribution >= 0.6 is 15.9 Å². The molecule has 0 fully saturated rings. The van der Waals surface area contributed by atoms with Crippen LogP contribution in [0.2, 0.25) is 0 Å². The summed E-state index contributed by atoms with van der Waals surface area (Å²) in [5.74, 6) is 0. The van der Waals surface area contributed by atoms with Crippen molar-refractivity contribution in [3.05, 3.63) is 32.3 Å². The van der Waals surface area contributed by atoms with Gasteiger partial charge in [-0.05, 0) is 22.9 Å². The molecule has 0 saturated heterocycles. The summed E-state index contributed by atoms with van der Waals surface area (Å²) in [7, 11) is 0. The summed E-state index contributed by atoms with van der Waals surface area (Å²) in [5.41, 5.74) is 1.62. The van der Waals surface area contributed by atoms with E-state index in [2.05, 4.69) is 26.0 Å². The molecule has 0 bridgehead atoms. The van der Waals surface area contributed by atoms with Gasteiger partial charge in [-0.3, -0.25) is 9.89 Å². The third kappa shape index (κ3) is 1.59. The maximum absolute atomic E-state index is 11.9. The summed E-state index contributed by atoms with van der Waals surface area (Å²) in [6.07, 6.45) is 1.99. The summed E-state index contributed by atoms with van der Waals surface area (Å²) in [5, 5.41) is 11.6. The minimum atomic E-state index is -0.155. The SMILES string of the molecule is Cc1nc2c(Br)c[nH]n2c(=O)c1CCO. The Labute approximate surface area is 93.9 Å². The lowest BCUT2D eigenvalue weighted by molar-refractivity contribution is 0.298. The summed E-state index contributed by atoms with van der Waals surface area (Å²) in [4.78, 5) is 16.2. The van der Waals surface area contributed by atoms with Gasteiger partial charge >= 0.3 is 0 Å². The molecule has 0 aliphatic heterocycles. The predicted molar refractivity (Wildman–Crippen MR) is 59.0 cm³/mol. The first-order valence-electron chi connectivity index (χ1n) is 4.51. The van der Waals surface area contributed by atoms with E-state index in [4.69, 9.17) is 5.11 Å². The molecule has 80 valence electrons. The predicted octanol–water partition coefficient (Wildman–Crippen LogP) is 0.628. The van der Waals surface area contributed by atoms with Crippen molar-refractivity contribution >= 4 is 21.6 Å². The van der Waals surface area contributed by atoms with Crippen molar-refractivity contribution in [2.24, 2.45) is 0 Å². The molecule has 0 amide bonds. The van der Waals surface area contributed by atoms with Crippen LogP contribution in [0.4, 0.5) is 0 Å².